The van der Waals surface area contributed by atoms with Gasteiger partial charge in [0.05, 0.1) is 12.7 Å². The SMILES string of the molecule is COc1ccc(C(=O)NCCc2ccccn2)c(O)c1. The number of hydrogen-bond acceptors (Lipinski definition) is 4. The third-order valence-electron chi connectivity index (χ3n) is 2.84. The summed E-state index contributed by atoms with van der Waals surface area (Å²) < 4.78 is 4.97. The third kappa shape index (κ3) is 3.47. The van der Waals surface area contributed by atoms with E-state index in [1.165, 1.54) is 19.2 Å². The van der Waals surface area contributed by atoms with Gasteiger partial charge in [-0.3, -0.25) is 9.78 Å². The van der Waals surface area contributed by atoms with Crippen molar-refractivity contribution in [2.24, 2.45) is 0 Å². The van der Waals surface area contributed by atoms with Gasteiger partial charge in [0.15, 0.2) is 0 Å². The number of methoxy groups -OCH3 is 1. The number of phenols is 1. The maximum Gasteiger partial charge on any atom is 0.255 e. The first-order valence-electron chi connectivity index (χ1n) is 6.26. The number of carbonyl (C=O) groups is 1. The van der Waals surface area contributed by atoms with Gasteiger partial charge in [0.1, 0.15) is 11.5 Å². The highest BCUT2D eigenvalue weighted by molar-refractivity contribution is 5.96. The van der Waals surface area contributed by atoms with Crippen molar-refractivity contribution < 1.29 is 14.6 Å². The van der Waals surface area contributed by atoms with Crippen LogP contribution in [0.5, 0.6) is 11.5 Å². The molecule has 0 aliphatic carbocycles. The van der Waals surface area contributed by atoms with Crippen molar-refractivity contribution in [2.75, 3.05) is 13.7 Å². The van der Waals surface area contributed by atoms with E-state index in [9.17, 15) is 9.90 Å². The first-order valence-corrected chi connectivity index (χ1v) is 6.26. The molecule has 2 rings (SSSR count). The van der Waals surface area contributed by atoms with Crippen molar-refractivity contribution in [3.8, 4) is 11.5 Å². The van der Waals surface area contributed by atoms with Crippen LogP contribution in [-0.2, 0) is 6.42 Å². The Hall–Kier alpha value is -2.56. The molecule has 0 bridgehead atoms. The summed E-state index contributed by atoms with van der Waals surface area (Å²) in [5.41, 5.74) is 1.14. The predicted molar refractivity (Wildman–Crippen MR) is 74.9 cm³/mol. The summed E-state index contributed by atoms with van der Waals surface area (Å²) in [6.07, 6.45) is 2.36. The van der Waals surface area contributed by atoms with Crippen LogP contribution in [0.15, 0.2) is 42.6 Å². The number of nitrogens with zero attached hydrogens (tertiary/aromatic N) is 1. The zero-order valence-electron chi connectivity index (χ0n) is 11.2. The van der Waals surface area contributed by atoms with Gasteiger partial charge in [-0.25, -0.2) is 0 Å². The maximum absolute atomic E-state index is 11.9. The normalized spacial score (nSPS) is 10.1. The number of rotatable bonds is 5. The Labute approximate surface area is 117 Å². The van der Waals surface area contributed by atoms with Crippen LogP contribution in [-0.4, -0.2) is 29.7 Å². The Morgan fingerprint density at radius 3 is 2.85 bits per heavy atom. The number of nitrogens with one attached hydrogen (secondary N) is 1. The van der Waals surface area contributed by atoms with Crippen LogP contribution in [0.1, 0.15) is 16.1 Å². The highest BCUT2D eigenvalue weighted by atomic mass is 16.5. The van der Waals surface area contributed by atoms with Crippen molar-refractivity contribution in [2.45, 2.75) is 6.42 Å². The molecular weight excluding hydrogens is 256 g/mol. The number of phenolic OH excluding ortho intramolecular Hbond substituents is 1. The monoisotopic (exact) mass is 272 g/mol. The van der Waals surface area contributed by atoms with E-state index in [1.807, 2.05) is 18.2 Å². The highest BCUT2D eigenvalue weighted by Crippen LogP contribution is 2.23. The molecule has 1 aromatic heterocycles. The first-order chi connectivity index (χ1) is 9.70. The summed E-state index contributed by atoms with van der Waals surface area (Å²) in [6.45, 7) is 0.460. The van der Waals surface area contributed by atoms with Gasteiger partial charge < -0.3 is 15.2 Å². The van der Waals surface area contributed by atoms with Gasteiger partial charge in [-0.2, -0.15) is 0 Å². The van der Waals surface area contributed by atoms with E-state index in [2.05, 4.69) is 10.3 Å². The zero-order valence-corrected chi connectivity index (χ0v) is 11.2. The fourth-order valence-electron chi connectivity index (χ4n) is 1.78. The second-order valence-corrected chi connectivity index (χ2v) is 4.21. The van der Waals surface area contributed by atoms with Gasteiger partial charge in [-0.05, 0) is 24.3 Å². The van der Waals surface area contributed by atoms with Gasteiger partial charge in [0, 0.05) is 30.9 Å². The maximum atomic E-state index is 11.9. The van der Waals surface area contributed by atoms with Gasteiger partial charge in [-0.1, -0.05) is 6.07 Å². The first kappa shape index (κ1) is 13.9. The van der Waals surface area contributed by atoms with E-state index < -0.39 is 0 Å². The standard InChI is InChI=1S/C15H16N2O3/c1-20-12-5-6-13(14(18)10-12)15(19)17-9-7-11-4-2-3-8-16-11/h2-6,8,10,18H,7,9H2,1H3,(H,17,19). The average Bonchev–Trinajstić information content (AvgIpc) is 2.48. The van der Waals surface area contributed by atoms with Gasteiger partial charge in [0.2, 0.25) is 0 Å². The Kier molecular flexibility index (Phi) is 4.55. The Balaban J connectivity index is 1.92. The lowest BCUT2D eigenvalue weighted by Crippen LogP contribution is -2.25. The number of amides is 1. The van der Waals surface area contributed by atoms with Crippen LogP contribution >= 0.6 is 0 Å². The predicted octanol–water partition coefficient (Wildman–Crippen LogP) is 1.77. The summed E-state index contributed by atoms with van der Waals surface area (Å²) in [7, 11) is 1.50. The number of benzene rings is 1. The Bertz CT molecular complexity index is 585. The van der Waals surface area contributed by atoms with Crippen LogP contribution in [0.25, 0.3) is 0 Å². The van der Waals surface area contributed by atoms with Crippen molar-refractivity contribution in [3.63, 3.8) is 0 Å². The number of carbonyl (C=O) groups excluding carboxylic acids is 1. The molecule has 20 heavy (non-hydrogen) atoms. The quantitative estimate of drug-likeness (QED) is 0.870. The molecular formula is C15H16N2O3. The Morgan fingerprint density at radius 2 is 2.20 bits per heavy atom. The molecule has 0 aliphatic rings. The van der Waals surface area contributed by atoms with E-state index in [1.54, 1.807) is 12.3 Å². The Morgan fingerprint density at radius 1 is 1.35 bits per heavy atom. The molecule has 0 aliphatic heterocycles. The van der Waals surface area contributed by atoms with Gasteiger partial charge in [-0.15, -0.1) is 0 Å². The van der Waals surface area contributed by atoms with E-state index in [0.29, 0.717) is 18.7 Å². The van der Waals surface area contributed by atoms with Crippen LogP contribution in [0, 0.1) is 0 Å². The minimum Gasteiger partial charge on any atom is -0.507 e. The van der Waals surface area contributed by atoms with E-state index in [4.69, 9.17) is 4.74 Å². The lowest BCUT2D eigenvalue weighted by Gasteiger charge is -2.08. The minimum atomic E-state index is -0.318. The van der Waals surface area contributed by atoms with E-state index in [-0.39, 0.29) is 17.2 Å². The minimum absolute atomic E-state index is 0.0975. The number of pyridine rings is 1. The van der Waals surface area contributed by atoms with Crippen LogP contribution in [0.2, 0.25) is 0 Å². The highest BCUT2D eigenvalue weighted by Gasteiger charge is 2.11. The number of aromatic hydroxyl groups is 1. The molecule has 0 radical (unpaired) electrons. The molecule has 0 saturated heterocycles. The third-order valence-corrected chi connectivity index (χ3v) is 2.84. The molecule has 2 N–H and O–H groups in total. The molecule has 0 atom stereocenters. The second kappa shape index (κ2) is 6.56. The fourth-order valence-corrected chi connectivity index (χ4v) is 1.78. The van der Waals surface area contributed by atoms with E-state index in [0.717, 1.165) is 5.69 Å². The smallest absolute Gasteiger partial charge is 0.255 e. The fraction of sp³-hybridized carbons (Fsp3) is 0.200. The average molecular weight is 272 g/mol. The van der Waals surface area contributed by atoms with Crippen LogP contribution in [0.3, 0.4) is 0 Å². The molecule has 0 saturated carbocycles. The molecule has 0 spiro atoms. The number of ether oxygens (including phenoxy) is 1. The molecule has 0 unspecified atom stereocenters. The zero-order chi connectivity index (χ0) is 14.4. The van der Waals surface area contributed by atoms with Crippen molar-refractivity contribution in [3.05, 3.63) is 53.9 Å². The van der Waals surface area contributed by atoms with Crippen molar-refractivity contribution >= 4 is 5.91 Å². The number of hydrogen-bond donors (Lipinski definition) is 2. The second-order valence-electron chi connectivity index (χ2n) is 4.21. The topological polar surface area (TPSA) is 71.5 Å². The summed E-state index contributed by atoms with van der Waals surface area (Å²) in [6, 6.07) is 10.2. The molecule has 1 heterocycles. The van der Waals surface area contributed by atoms with Gasteiger partial charge in [0.25, 0.3) is 5.91 Å². The molecule has 5 heteroatoms. The van der Waals surface area contributed by atoms with E-state index >= 15 is 0 Å². The summed E-state index contributed by atoms with van der Waals surface area (Å²) in [4.78, 5) is 16.1. The summed E-state index contributed by atoms with van der Waals surface area (Å²) in [5.74, 6) is 0.0910. The molecule has 104 valence electrons. The largest absolute Gasteiger partial charge is 0.507 e. The van der Waals surface area contributed by atoms with Crippen molar-refractivity contribution in [1.29, 1.82) is 0 Å². The van der Waals surface area contributed by atoms with Crippen LogP contribution in [0.4, 0.5) is 0 Å². The summed E-state index contributed by atoms with van der Waals surface area (Å²) >= 11 is 0. The molecule has 1 amide bonds. The number of aromatic nitrogens is 1. The molecule has 2 aromatic rings. The van der Waals surface area contributed by atoms with Crippen molar-refractivity contribution in [1.82, 2.24) is 10.3 Å². The lowest BCUT2D eigenvalue weighted by atomic mass is 10.1. The molecule has 0 fully saturated rings. The van der Waals surface area contributed by atoms with Crippen LogP contribution < -0.4 is 10.1 Å². The molecule has 5 nitrogen and oxygen atoms in total. The van der Waals surface area contributed by atoms with Gasteiger partial charge >= 0.3 is 0 Å². The summed E-state index contributed by atoms with van der Waals surface area (Å²) in [5, 5.41) is 12.5. The lowest BCUT2D eigenvalue weighted by molar-refractivity contribution is 0.0951. The molecule has 1 aromatic carbocycles.